The molecule has 0 atom stereocenters. The Balaban J connectivity index is 1.47. The molecule has 3 aromatic rings. The molecule has 5 rings (SSSR count). The van der Waals surface area contributed by atoms with Crippen LogP contribution in [0.1, 0.15) is 18.4 Å². The van der Waals surface area contributed by atoms with Gasteiger partial charge in [0.2, 0.25) is 0 Å². The van der Waals surface area contributed by atoms with E-state index in [1.165, 1.54) is 4.90 Å². The molecular formula is C24H21F3N4O4S. The van der Waals surface area contributed by atoms with Crippen LogP contribution < -0.4 is 9.80 Å². The van der Waals surface area contributed by atoms with Crippen molar-refractivity contribution in [2.45, 2.75) is 35.3 Å². The molecule has 1 saturated heterocycles. The summed E-state index contributed by atoms with van der Waals surface area (Å²) >= 11 is 0. The monoisotopic (exact) mass is 518 g/mol. The summed E-state index contributed by atoms with van der Waals surface area (Å²) in [5.41, 5.74) is -3.97. The molecule has 188 valence electrons. The van der Waals surface area contributed by atoms with Crippen molar-refractivity contribution in [3.05, 3.63) is 60.3 Å². The molecule has 0 bridgehead atoms. The number of imide groups is 1. The summed E-state index contributed by atoms with van der Waals surface area (Å²) in [4.78, 5) is 34.5. The van der Waals surface area contributed by atoms with Crippen molar-refractivity contribution in [1.29, 1.82) is 0 Å². The van der Waals surface area contributed by atoms with E-state index in [1.807, 2.05) is 37.2 Å². The lowest BCUT2D eigenvalue weighted by Crippen LogP contribution is -2.36. The third-order valence-electron chi connectivity index (χ3n) is 6.64. The van der Waals surface area contributed by atoms with Crippen molar-refractivity contribution < 1.29 is 31.2 Å². The molecule has 1 saturated carbocycles. The van der Waals surface area contributed by atoms with E-state index in [4.69, 9.17) is 0 Å². The van der Waals surface area contributed by atoms with Gasteiger partial charge in [-0.2, -0.15) is 13.2 Å². The highest BCUT2D eigenvalue weighted by Gasteiger charge is 2.65. The molecule has 1 aliphatic heterocycles. The maximum Gasteiger partial charge on any atom is 0.501 e. The maximum absolute atomic E-state index is 13.4. The van der Waals surface area contributed by atoms with Crippen molar-refractivity contribution >= 4 is 44.1 Å². The van der Waals surface area contributed by atoms with Crippen LogP contribution in [0.3, 0.4) is 0 Å². The number of hydrogen-bond donors (Lipinski definition) is 0. The molecule has 12 heteroatoms. The van der Waals surface area contributed by atoms with E-state index in [0.29, 0.717) is 12.8 Å². The van der Waals surface area contributed by atoms with Gasteiger partial charge in [-0.15, -0.1) is 0 Å². The van der Waals surface area contributed by atoms with Crippen LogP contribution in [0.5, 0.6) is 0 Å². The molecule has 2 heterocycles. The van der Waals surface area contributed by atoms with E-state index in [9.17, 15) is 31.2 Å². The molecule has 1 aromatic heterocycles. The van der Waals surface area contributed by atoms with Gasteiger partial charge in [-0.3, -0.25) is 9.78 Å². The Morgan fingerprint density at radius 3 is 2.28 bits per heavy atom. The molecule has 1 spiro atoms. The average molecular weight is 519 g/mol. The van der Waals surface area contributed by atoms with Crippen molar-refractivity contribution in [3.8, 4) is 0 Å². The number of pyridine rings is 1. The number of sulfone groups is 1. The molecule has 2 aliphatic rings. The van der Waals surface area contributed by atoms with Crippen LogP contribution >= 0.6 is 0 Å². The van der Waals surface area contributed by atoms with Crippen molar-refractivity contribution in [3.63, 3.8) is 0 Å². The summed E-state index contributed by atoms with van der Waals surface area (Å²) in [5.74, 6) is -0.479. The lowest BCUT2D eigenvalue weighted by Gasteiger charge is -2.22. The highest BCUT2D eigenvalue weighted by molar-refractivity contribution is 7.92. The minimum absolute atomic E-state index is 0.00936. The molecule has 2 fully saturated rings. The first-order valence-electron chi connectivity index (χ1n) is 11.0. The van der Waals surface area contributed by atoms with Gasteiger partial charge in [-0.05, 0) is 60.9 Å². The van der Waals surface area contributed by atoms with E-state index < -0.39 is 37.7 Å². The van der Waals surface area contributed by atoms with Gasteiger partial charge < -0.3 is 9.80 Å². The molecule has 0 radical (unpaired) electrons. The smallest absolute Gasteiger partial charge is 0.378 e. The summed E-state index contributed by atoms with van der Waals surface area (Å²) < 4.78 is 61.9. The molecule has 0 unspecified atom stereocenters. The first-order valence-corrected chi connectivity index (χ1v) is 12.5. The number of carbonyl (C=O) groups excluding carboxylic acids is 2. The Kier molecular flexibility index (Phi) is 5.29. The number of fused-ring (bicyclic) bond motifs is 1. The Bertz CT molecular complexity index is 1500. The minimum Gasteiger partial charge on any atom is -0.378 e. The summed E-state index contributed by atoms with van der Waals surface area (Å²) in [6, 6.07) is 10.5. The van der Waals surface area contributed by atoms with Crippen LogP contribution in [-0.2, 0) is 21.2 Å². The van der Waals surface area contributed by atoms with Crippen LogP contribution in [-0.4, -0.2) is 55.4 Å². The molecule has 0 N–H and O–H groups in total. The standard InChI is InChI=1S/C24H21F3N4O4S/c1-29(2)17-5-8-19-15(9-12-28-20(19)13-17)14-30-22(33)31(21(32)23(30)10-11-23)16-3-6-18(7-4-16)36(34,35)24(25,26)27/h3-9,12-13H,10-11,14H2,1-2H3. The molecule has 2 aromatic carbocycles. The van der Waals surface area contributed by atoms with E-state index in [2.05, 4.69) is 4.98 Å². The lowest BCUT2D eigenvalue weighted by atomic mass is 10.1. The molecule has 36 heavy (non-hydrogen) atoms. The van der Waals surface area contributed by atoms with Gasteiger partial charge in [0.1, 0.15) is 5.54 Å². The Morgan fingerprint density at radius 1 is 1.03 bits per heavy atom. The second kappa shape index (κ2) is 7.92. The van der Waals surface area contributed by atoms with Crippen molar-refractivity contribution in [2.24, 2.45) is 0 Å². The third kappa shape index (κ3) is 3.58. The predicted octanol–water partition coefficient (Wildman–Crippen LogP) is 4.10. The normalized spacial score (nSPS) is 17.4. The summed E-state index contributed by atoms with van der Waals surface area (Å²) in [5, 5.41) is 0.833. The first-order chi connectivity index (χ1) is 16.9. The molecule has 1 aliphatic carbocycles. The number of rotatable bonds is 5. The van der Waals surface area contributed by atoms with Crippen LogP contribution in [0.2, 0.25) is 0 Å². The summed E-state index contributed by atoms with van der Waals surface area (Å²) in [6.45, 7) is 0.141. The number of benzene rings is 2. The van der Waals surface area contributed by atoms with Gasteiger partial charge in [0.25, 0.3) is 15.7 Å². The number of anilines is 2. The van der Waals surface area contributed by atoms with Gasteiger partial charge in [-0.25, -0.2) is 18.1 Å². The van der Waals surface area contributed by atoms with Crippen LogP contribution in [0.4, 0.5) is 29.3 Å². The van der Waals surface area contributed by atoms with Crippen molar-refractivity contribution in [2.75, 3.05) is 23.9 Å². The van der Waals surface area contributed by atoms with Gasteiger partial charge >= 0.3 is 11.5 Å². The number of urea groups is 1. The van der Waals surface area contributed by atoms with E-state index in [0.717, 1.165) is 51.3 Å². The van der Waals surface area contributed by atoms with Crippen molar-refractivity contribution in [1.82, 2.24) is 9.88 Å². The van der Waals surface area contributed by atoms with E-state index >= 15 is 0 Å². The zero-order valence-electron chi connectivity index (χ0n) is 19.3. The summed E-state index contributed by atoms with van der Waals surface area (Å²) in [7, 11) is -1.72. The Hall–Kier alpha value is -3.67. The van der Waals surface area contributed by atoms with Crippen LogP contribution in [0.25, 0.3) is 10.9 Å². The molecule has 8 nitrogen and oxygen atoms in total. The number of halogens is 3. The number of carbonyl (C=O) groups is 2. The minimum atomic E-state index is -5.54. The quantitative estimate of drug-likeness (QED) is 0.473. The van der Waals surface area contributed by atoms with Gasteiger partial charge in [0.05, 0.1) is 16.1 Å². The van der Waals surface area contributed by atoms with Gasteiger partial charge in [0.15, 0.2) is 0 Å². The highest BCUT2D eigenvalue weighted by Crippen LogP contribution is 2.50. The second-order valence-electron chi connectivity index (χ2n) is 9.05. The number of amides is 3. The van der Waals surface area contributed by atoms with Gasteiger partial charge in [-0.1, -0.05) is 6.07 Å². The van der Waals surface area contributed by atoms with E-state index in [-0.39, 0.29) is 12.2 Å². The predicted molar refractivity (Wildman–Crippen MR) is 126 cm³/mol. The molecular weight excluding hydrogens is 497 g/mol. The second-order valence-corrected chi connectivity index (χ2v) is 11.0. The first kappa shape index (κ1) is 24.0. The van der Waals surface area contributed by atoms with Crippen LogP contribution in [0, 0.1) is 0 Å². The Morgan fingerprint density at radius 2 is 1.69 bits per heavy atom. The number of aromatic nitrogens is 1. The summed E-state index contributed by atoms with van der Waals surface area (Å²) in [6.07, 6.45) is 2.56. The SMILES string of the molecule is CN(C)c1ccc2c(CN3C(=O)N(c4ccc(S(=O)(=O)C(F)(F)F)cc4)C(=O)C34CC4)ccnc2c1. The topological polar surface area (TPSA) is 90.9 Å². The highest BCUT2D eigenvalue weighted by atomic mass is 32.2. The van der Waals surface area contributed by atoms with E-state index in [1.54, 1.807) is 12.3 Å². The largest absolute Gasteiger partial charge is 0.501 e. The number of hydrogen-bond acceptors (Lipinski definition) is 6. The lowest BCUT2D eigenvalue weighted by molar-refractivity contribution is -0.120. The van der Waals surface area contributed by atoms with Gasteiger partial charge in [0, 0.05) is 37.9 Å². The zero-order chi connectivity index (χ0) is 26.0. The zero-order valence-corrected chi connectivity index (χ0v) is 20.1. The van der Waals surface area contributed by atoms with Crippen LogP contribution in [0.15, 0.2) is 59.6 Å². The fourth-order valence-electron chi connectivity index (χ4n) is 4.45. The number of alkyl halides is 3. The number of nitrogens with zero attached hydrogens (tertiary/aromatic N) is 4. The average Bonchev–Trinajstić information content (AvgIpc) is 3.60. The Labute approximate surface area is 204 Å². The maximum atomic E-state index is 13.4. The molecule has 3 amide bonds. The fourth-order valence-corrected chi connectivity index (χ4v) is 5.21. The third-order valence-corrected chi connectivity index (χ3v) is 8.14. The fraction of sp³-hybridized carbons (Fsp3) is 0.292.